The Hall–Kier alpha value is -0.670. The molecule has 1 aliphatic rings. The summed E-state index contributed by atoms with van der Waals surface area (Å²) in [5.41, 5.74) is 5.62. The smallest absolute Gasteiger partial charge is 0.252 e. The summed E-state index contributed by atoms with van der Waals surface area (Å²) in [6.07, 6.45) is 2.77. The lowest BCUT2D eigenvalue weighted by Gasteiger charge is -2.13. The third kappa shape index (κ3) is 5.72. The van der Waals surface area contributed by atoms with Crippen LogP contribution in [0.15, 0.2) is 16.3 Å². The molecule has 6 nitrogen and oxygen atoms in total. The van der Waals surface area contributed by atoms with E-state index in [-0.39, 0.29) is 30.8 Å². The average Bonchev–Trinajstić information content (AvgIpc) is 3.09. The van der Waals surface area contributed by atoms with Crippen LogP contribution < -0.4 is 11.1 Å². The zero-order valence-electron chi connectivity index (χ0n) is 13.2. The van der Waals surface area contributed by atoms with Crippen molar-refractivity contribution in [3.8, 4) is 0 Å². The number of carbonyl (C=O) groups excluding carboxylic acids is 1. The zero-order chi connectivity index (χ0) is 16.2. The first-order valence-electron chi connectivity index (χ1n) is 7.51. The normalized spacial score (nSPS) is 16.8. The van der Waals surface area contributed by atoms with E-state index in [0.29, 0.717) is 23.8 Å². The van der Waals surface area contributed by atoms with E-state index in [2.05, 4.69) is 5.32 Å². The number of carbonyl (C=O) groups is 1. The van der Waals surface area contributed by atoms with E-state index in [1.165, 1.54) is 15.6 Å². The van der Waals surface area contributed by atoms with Gasteiger partial charge in [0.25, 0.3) is 10.0 Å². The monoisotopic (exact) mass is 381 g/mol. The van der Waals surface area contributed by atoms with Crippen LogP contribution in [0.4, 0.5) is 0 Å². The fourth-order valence-electron chi connectivity index (χ4n) is 2.31. The van der Waals surface area contributed by atoms with Crippen molar-refractivity contribution in [3.05, 3.63) is 17.0 Å². The first kappa shape index (κ1) is 20.4. The molecule has 1 aromatic rings. The lowest BCUT2D eigenvalue weighted by atomic mass is 10.2. The fraction of sp³-hybridized carbons (Fsp3) is 0.643. The van der Waals surface area contributed by atoms with E-state index in [1.807, 2.05) is 6.92 Å². The number of hydrogen-bond donors (Lipinski definition) is 2. The molecule has 1 fully saturated rings. The summed E-state index contributed by atoms with van der Waals surface area (Å²) in [5, 5.41) is 2.79. The molecule has 1 unspecified atom stereocenters. The van der Waals surface area contributed by atoms with Crippen molar-refractivity contribution in [2.24, 2.45) is 5.73 Å². The Morgan fingerprint density at radius 2 is 2.04 bits per heavy atom. The molecular weight excluding hydrogens is 358 g/mol. The molecule has 0 spiro atoms. The Balaban J connectivity index is 0.00000264. The second-order valence-corrected chi connectivity index (χ2v) is 8.96. The van der Waals surface area contributed by atoms with Gasteiger partial charge in [0.15, 0.2) is 0 Å². The molecule has 0 bridgehead atoms. The standard InChI is InChI=1S/C14H23N3O3S2.ClH/c1-11(15)6-7-16-13(18)10-12-4-5-14(21-12)22(19,20)17-8-2-3-9-17;/h4-5,11H,2-3,6-10,15H2,1H3,(H,16,18);1H. The molecule has 1 aromatic heterocycles. The molecular formula is C14H24ClN3O3S2. The molecule has 23 heavy (non-hydrogen) atoms. The van der Waals surface area contributed by atoms with Gasteiger partial charge < -0.3 is 11.1 Å². The second-order valence-electron chi connectivity index (χ2n) is 5.62. The van der Waals surface area contributed by atoms with Crippen molar-refractivity contribution in [3.63, 3.8) is 0 Å². The number of nitrogens with one attached hydrogen (secondary N) is 1. The van der Waals surface area contributed by atoms with Crippen LogP contribution in [-0.2, 0) is 21.2 Å². The quantitative estimate of drug-likeness (QED) is 0.745. The molecule has 0 aliphatic carbocycles. The maximum atomic E-state index is 12.4. The summed E-state index contributed by atoms with van der Waals surface area (Å²) in [6, 6.07) is 3.38. The van der Waals surface area contributed by atoms with Gasteiger partial charge in [0, 0.05) is 30.6 Å². The highest BCUT2D eigenvalue weighted by Gasteiger charge is 2.28. The molecule has 1 saturated heterocycles. The van der Waals surface area contributed by atoms with Gasteiger partial charge in [-0.1, -0.05) is 0 Å². The molecule has 0 aromatic carbocycles. The largest absolute Gasteiger partial charge is 0.356 e. The molecule has 1 amide bonds. The van der Waals surface area contributed by atoms with Gasteiger partial charge in [-0.2, -0.15) is 4.31 Å². The first-order chi connectivity index (χ1) is 10.4. The van der Waals surface area contributed by atoms with Crippen LogP contribution >= 0.6 is 23.7 Å². The Labute approximate surface area is 147 Å². The maximum Gasteiger partial charge on any atom is 0.252 e. The van der Waals surface area contributed by atoms with Crippen LogP contribution in [0.2, 0.25) is 0 Å². The SMILES string of the molecule is CC(N)CCNC(=O)Cc1ccc(S(=O)(=O)N2CCCC2)s1.Cl. The van der Waals surface area contributed by atoms with E-state index in [0.717, 1.165) is 24.1 Å². The number of nitrogens with zero attached hydrogens (tertiary/aromatic N) is 1. The highest BCUT2D eigenvalue weighted by atomic mass is 35.5. The van der Waals surface area contributed by atoms with Crippen molar-refractivity contribution in [2.45, 2.75) is 42.9 Å². The molecule has 9 heteroatoms. The van der Waals surface area contributed by atoms with Gasteiger partial charge in [-0.05, 0) is 38.3 Å². The van der Waals surface area contributed by atoms with Crippen molar-refractivity contribution < 1.29 is 13.2 Å². The molecule has 0 radical (unpaired) electrons. The summed E-state index contributed by atoms with van der Waals surface area (Å²) < 4.78 is 26.7. The van der Waals surface area contributed by atoms with Gasteiger partial charge >= 0.3 is 0 Å². The van der Waals surface area contributed by atoms with Crippen LogP contribution in [0.5, 0.6) is 0 Å². The van der Waals surface area contributed by atoms with Crippen LogP contribution in [0.3, 0.4) is 0 Å². The molecule has 1 aliphatic heterocycles. The van der Waals surface area contributed by atoms with Gasteiger partial charge in [0.1, 0.15) is 4.21 Å². The van der Waals surface area contributed by atoms with Gasteiger partial charge in [-0.3, -0.25) is 4.79 Å². The number of hydrogen-bond acceptors (Lipinski definition) is 5. The molecule has 2 heterocycles. The van der Waals surface area contributed by atoms with E-state index in [4.69, 9.17) is 5.73 Å². The number of nitrogens with two attached hydrogens (primary N) is 1. The zero-order valence-corrected chi connectivity index (χ0v) is 15.6. The number of rotatable bonds is 7. The Morgan fingerprint density at radius 3 is 2.65 bits per heavy atom. The predicted octanol–water partition coefficient (Wildman–Crippen LogP) is 1.35. The van der Waals surface area contributed by atoms with Gasteiger partial charge in [-0.15, -0.1) is 23.7 Å². The number of amides is 1. The lowest BCUT2D eigenvalue weighted by Crippen LogP contribution is -2.29. The fourth-order valence-corrected chi connectivity index (χ4v) is 5.33. The summed E-state index contributed by atoms with van der Waals surface area (Å²) in [6.45, 7) is 3.61. The van der Waals surface area contributed by atoms with Crippen LogP contribution in [0.1, 0.15) is 31.1 Å². The molecule has 0 saturated carbocycles. The van der Waals surface area contributed by atoms with Gasteiger partial charge in [-0.25, -0.2) is 8.42 Å². The summed E-state index contributed by atoms with van der Waals surface area (Å²) in [7, 11) is -3.38. The van der Waals surface area contributed by atoms with Crippen molar-refractivity contribution in [1.29, 1.82) is 0 Å². The predicted molar refractivity (Wildman–Crippen MR) is 94.5 cm³/mol. The van der Waals surface area contributed by atoms with E-state index >= 15 is 0 Å². The number of thiophene rings is 1. The van der Waals surface area contributed by atoms with Crippen molar-refractivity contribution in [2.75, 3.05) is 19.6 Å². The Kier molecular flexibility index (Phi) is 7.96. The third-order valence-electron chi connectivity index (χ3n) is 3.55. The average molecular weight is 382 g/mol. The molecule has 132 valence electrons. The van der Waals surface area contributed by atoms with Crippen LogP contribution in [0.25, 0.3) is 0 Å². The highest BCUT2D eigenvalue weighted by Crippen LogP contribution is 2.27. The second kappa shape index (κ2) is 8.98. The minimum absolute atomic E-state index is 0. The van der Waals surface area contributed by atoms with E-state index in [1.54, 1.807) is 12.1 Å². The van der Waals surface area contributed by atoms with Crippen LogP contribution in [0, 0.1) is 0 Å². The number of halogens is 1. The topological polar surface area (TPSA) is 92.5 Å². The Bertz CT molecular complexity index is 611. The molecule has 3 N–H and O–H groups in total. The first-order valence-corrected chi connectivity index (χ1v) is 9.76. The van der Waals surface area contributed by atoms with Gasteiger partial charge in [0.05, 0.1) is 6.42 Å². The lowest BCUT2D eigenvalue weighted by molar-refractivity contribution is -0.120. The van der Waals surface area contributed by atoms with E-state index in [9.17, 15) is 13.2 Å². The van der Waals surface area contributed by atoms with E-state index < -0.39 is 10.0 Å². The third-order valence-corrected chi connectivity index (χ3v) is 7.00. The summed E-state index contributed by atoms with van der Waals surface area (Å²) >= 11 is 1.18. The highest BCUT2D eigenvalue weighted by molar-refractivity contribution is 7.91. The molecule has 1 atom stereocenters. The molecule has 2 rings (SSSR count). The van der Waals surface area contributed by atoms with Crippen molar-refractivity contribution in [1.82, 2.24) is 9.62 Å². The van der Waals surface area contributed by atoms with Gasteiger partial charge in [0.2, 0.25) is 5.91 Å². The Morgan fingerprint density at radius 1 is 1.39 bits per heavy atom. The minimum atomic E-state index is -3.38. The maximum absolute atomic E-state index is 12.4. The summed E-state index contributed by atoms with van der Waals surface area (Å²) in [4.78, 5) is 12.6. The summed E-state index contributed by atoms with van der Waals surface area (Å²) in [5.74, 6) is -0.104. The van der Waals surface area contributed by atoms with Crippen LogP contribution in [-0.4, -0.2) is 44.3 Å². The van der Waals surface area contributed by atoms with Crippen molar-refractivity contribution >= 4 is 39.7 Å². The minimum Gasteiger partial charge on any atom is -0.356 e. The number of sulfonamides is 1.